The minimum atomic E-state index is -0.276. The monoisotopic (exact) mass is 334 g/mol. The summed E-state index contributed by atoms with van der Waals surface area (Å²) in [4.78, 5) is 23.8. The van der Waals surface area contributed by atoms with Crippen LogP contribution in [0.3, 0.4) is 0 Å². The second-order valence-corrected chi connectivity index (χ2v) is 5.85. The van der Waals surface area contributed by atoms with Gasteiger partial charge in [0.1, 0.15) is 5.75 Å². The summed E-state index contributed by atoms with van der Waals surface area (Å²) in [6, 6.07) is 6.92. The third kappa shape index (κ3) is 6.20. The van der Waals surface area contributed by atoms with Crippen LogP contribution in [0.15, 0.2) is 24.3 Å². The summed E-state index contributed by atoms with van der Waals surface area (Å²) in [5, 5.41) is 5.38. The normalized spacial score (nSPS) is 16.6. The Labute approximate surface area is 142 Å². The van der Waals surface area contributed by atoms with Gasteiger partial charge in [-0.15, -0.1) is 0 Å². The van der Waals surface area contributed by atoms with Crippen LogP contribution in [0.1, 0.15) is 43.0 Å². The number of nitrogens with one attached hydrogen (secondary N) is 2. The van der Waals surface area contributed by atoms with Crippen LogP contribution in [0.2, 0.25) is 0 Å². The third-order valence-corrected chi connectivity index (χ3v) is 3.84. The van der Waals surface area contributed by atoms with Gasteiger partial charge >= 0.3 is 0 Å². The molecule has 0 saturated carbocycles. The maximum Gasteiger partial charge on any atom is 0.251 e. The van der Waals surface area contributed by atoms with E-state index in [1.54, 1.807) is 24.3 Å². The largest absolute Gasteiger partial charge is 0.494 e. The molecule has 0 unspecified atom stereocenters. The van der Waals surface area contributed by atoms with Crippen LogP contribution in [-0.2, 0) is 9.53 Å². The molecule has 1 saturated heterocycles. The van der Waals surface area contributed by atoms with Crippen molar-refractivity contribution >= 4 is 11.8 Å². The van der Waals surface area contributed by atoms with Gasteiger partial charge in [0.2, 0.25) is 5.91 Å². The predicted molar refractivity (Wildman–Crippen MR) is 91.2 cm³/mol. The van der Waals surface area contributed by atoms with Crippen LogP contribution in [0.25, 0.3) is 0 Å². The van der Waals surface area contributed by atoms with Gasteiger partial charge in [0.25, 0.3) is 5.91 Å². The molecule has 1 aliphatic rings. The maximum atomic E-state index is 12.0. The van der Waals surface area contributed by atoms with E-state index in [-0.39, 0.29) is 24.5 Å². The summed E-state index contributed by atoms with van der Waals surface area (Å²) in [5.41, 5.74) is 0.504. The van der Waals surface area contributed by atoms with Crippen LogP contribution in [0, 0.1) is 0 Å². The topological polar surface area (TPSA) is 76.7 Å². The first-order valence-corrected chi connectivity index (χ1v) is 8.58. The van der Waals surface area contributed by atoms with Crippen LogP contribution in [0.4, 0.5) is 0 Å². The van der Waals surface area contributed by atoms with Gasteiger partial charge in [0.05, 0.1) is 19.3 Å². The highest BCUT2D eigenvalue weighted by Gasteiger charge is 2.16. The van der Waals surface area contributed by atoms with Crippen molar-refractivity contribution in [2.45, 2.75) is 38.7 Å². The summed E-state index contributed by atoms with van der Waals surface area (Å²) in [7, 11) is 0. The SMILES string of the molecule is CCCCOc1ccc(C(=O)NCC(=O)NC[C@@H]2CCCO2)cc1. The molecule has 1 aromatic carbocycles. The highest BCUT2D eigenvalue weighted by atomic mass is 16.5. The molecule has 0 radical (unpaired) electrons. The number of hydrogen-bond donors (Lipinski definition) is 2. The van der Waals surface area contributed by atoms with E-state index in [0.29, 0.717) is 18.7 Å². The van der Waals surface area contributed by atoms with Gasteiger partial charge in [-0.05, 0) is 43.5 Å². The molecular weight excluding hydrogens is 308 g/mol. The van der Waals surface area contributed by atoms with Crippen molar-refractivity contribution in [3.63, 3.8) is 0 Å². The maximum absolute atomic E-state index is 12.0. The highest BCUT2D eigenvalue weighted by Crippen LogP contribution is 2.13. The minimum Gasteiger partial charge on any atom is -0.494 e. The van der Waals surface area contributed by atoms with Crippen LogP contribution < -0.4 is 15.4 Å². The van der Waals surface area contributed by atoms with Gasteiger partial charge < -0.3 is 20.1 Å². The van der Waals surface area contributed by atoms with E-state index >= 15 is 0 Å². The fourth-order valence-corrected chi connectivity index (χ4v) is 2.40. The molecule has 0 bridgehead atoms. The molecule has 0 spiro atoms. The van der Waals surface area contributed by atoms with E-state index in [9.17, 15) is 9.59 Å². The number of carbonyl (C=O) groups excluding carboxylic acids is 2. The van der Waals surface area contributed by atoms with Crippen molar-refractivity contribution in [3.05, 3.63) is 29.8 Å². The molecule has 0 aliphatic carbocycles. The Bertz CT molecular complexity index is 524. The van der Waals surface area contributed by atoms with E-state index in [2.05, 4.69) is 17.6 Å². The van der Waals surface area contributed by atoms with Crippen molar-refractivity contribution in [1.29, 1.82) is 0 Å². The lowest BCUT2D eigenvalue weighted by atomic mass is 10.2. The zero-order chi connectivity index (χ0) is 17.2. The minimum absolute atomic E-state index is 0.0414. The van der Waals surface area contributed by atoms with E-state index in [1.807, 2.05) is 0 Å². The molecule has 132 valence electrons. The number of unbranched alkanes of at least 4 members (excludes halogenated alkanes) is 1. The van der Waals surface area contributed by atoms with Crippen LogP contribution in [-0.4, -0.2) is 44.2 Å². The third-order valence-electron chi connectivity index (χ3n) is 3.84. The zero-order valence-electron chi connectivity index (χ0n) is 14.2. The predicted octanol–water partition coefficient (Wildman–Crippen LogP) is 1.89. The number of benzene rings is 1. The molecular formula is C18H26N2O4. The smallest absolute Gasteiger partial charge is 0.251 e. The summed E-state index contributed by atoms with van der Waals surface area (Å²) in [6.07, 6.45) is 4.19. The Morgan fingerprint density at radius 1 is 1.25 bits per heavy atom. The Kier molecular flexibility index (Phi) is 7.55. The van der Waals surface area contributed by atoms with Gasteiger partial charge in [0.15, 0.2) is 0 Å². The van der Waals surface area contributed by atoms with Crippen LogP contribution in [0.5, 0.6) is 5.75 Å². The molecule has 6 heteroatoms. The van der Waals surface area contributed by atoms with Crippen molar-refractivity contribution < 1.29 is 19.1 Å². The van der Waals surface area contributed by atoms with E-state index < -0.39 is 0 Å². The number of carbonyl (C=O) groups is 2. The molecule has 2 amide bonds. The van der Waals surface area contributed by atoms with Crippen molar-refractivity contribution in [1.82, 2.24) is 10.6 Å². The summed E-state index contributed by atoms with van der Waals surface area (Å²) in [5.74, 6) is 0.259. The number of ether oxygens (including phenoxy) is 2. The summed E-state index contributed by atoms with van der Waals surface area (Å²) >= 11 is 0. The Morgan fingerprint density at radius 3 is 2.71 bits per heavy atom. The van der Waals surface area contributed by atoms with Gasteiger partial charge in [-0.3, -0.25) is 9.59 Å². The first-order valence-electron chi connectivity index (χ1n) is 8.58. The lowest BCUT2D eigenvalue weighted by Gasteiger charge is -2.11. The van der Waals surface area contributed by atoms with E-state index in [0.717, 1.165) is 38.0 Å². The van der Waals surface area contributed by atoms with Gasteiger partial charge in [-0.25, -0.2) is 0 Å². The molecule has 24 heavy (non-hydrogen) atoms. The van der Waals surface area contributed by atoms with Crippen molar-refractivity contribution in [2.24, 2.45) is 0 Å². The Balaban J connectivity index is 1.68. The highest BCUT2D eigenvalue weighted by molar-refractivity contribution is 5.96. The molecule has 1 aromatic rings. The standard InChI is InChI=1S/C18H26N2O4/c1-2-3-10-23-15-8-6-14(7-9-15)18(22)20-13-17(21)19-12-16-5-4-11-24-16/h6-9,16H,2-5,10-13H2,1H3,(H,19,21)(H,20,22)/t16-/m0/s1. The van der Waals surface area contributed by atoms with Crippen molar-refractivity contribution in [2.75, 3.05) is 26.3 Å². The van der Waals surface area contributed by atoms with E-state index in [4.69, 9.17) is 9.47 Å². The summed E-state index contributed by atoms with van der Waals surface area (Å²) in [6.45, 7) is 3.99. The lowest BCUT2D eigenvalue weighted by molar-refractivity contribution is -0.120. The lowest BCUT2D eigenvalue weighted by Crippen LogP contribution is -2.39. The zero-order valence-corrected chi connectivity index (χ0v) is 14.2. The average molecular weight is 334 g/mol. The van der Waals surface area contributed by atoms with E-state index in [1.165, 1.54) is 0 Å². The molecule has 1 fully saturated rings. The van der Waals surface area contributed by atoms with Crippen LogP contribution >= 0.6 is 0 Å². The number of hydrogen-bond acceptors (Lipinski definition) is 4. The molecule has 1 atom stereocenters. The fraction of sp³-hybridized carbons (Fsp3) is 0.556. The average Bonchev–Trinajstić information content (AvgIpc) is 3.12. The van der Waals surface area contributed by atoms with Gasteiger partial charge in [-0.2, -0.15) is 0 Å². The molecule has 1 aliphatic heterocycles. The van der Waals surface area contributed by atoms with Gasteiger partial charge in [-0.1, -0.05) is 13.3 Å². The second kappa shape index (κ2) is 9.93. The first-order chi connectivity index (χ1) is 11.7. The fourth-order valence-electron chi connectivity index (χ4n) is 2.40. The Hall–Kier alpha value is -2.08. The molecule has 2 N–H and O–H groups in total. The van der Waals surface area contributed by atoms with Crippen molar-refractivity contribution in [3.8, 4) is 5.75 Å². The summed E-state index contributed by atoms with van der Waals surface area (Å²) < 4.78 is 11.0. The molecule has 6 nitrogen and oxygen atoms in total. The number of amides is 2. The number of rotatable bonds is 9. The van der Waals surface area contributed by atoms with Gasteiger partial charge in [0, 0.05) is 18.7 Å². The molecule has 1 heterocycles. The Morgan fingerprint density at radius 2 is 2.04 bits per heavy atom. The quantitative estimate of drug-likeness (QED) is 0.676. The second-order valence-electron chi connectivity index (χ2n) is 5.85. The molecule has 2 rings (SSSR count). The first kappa shape index (κ1) is 18.3. The molecule has 0 aromatic heterocycles.